The van der Waals surface area contributed by atoms with E-state index < -0.39 is 0 Å². The highest BCUT2D eigenvalue weighted by atomic mass is 32.1. The molecule has 2 amide bonds. The van der Waals surface area contributed by atoms with Gasteiger partial charge in [0.25, 0.3) is 11.8 Å². The van der Waals surface area contributed by atoms with Gasteiger partial charge in [-0.05, 0) is 37.3 Å². The predicted octanol–water partition coefficient (Wildman–Crippen LogP) is 4.39. The van der Waals surface area contributed by atoms with Gasteiger partial charge in [-0.2, -0.15) is 0 Å². The quantitative estimate of drug-likeness (QED) is 0.697. The van der Waals surface area contributed by atoms with Crippen molar-refractivity contribution in [3.63, 3.8) is 0 Å². The maximum Gasteiger partial charge on any atom is 0.276 e. The number of amides is 2. The van der Waals surface area contributed by atoms with Crippen LogP contribution in [-0.2, 0) is 0 Å². The summed E-state index contributed by atoms with van der Waals surface area (Å²) in [4.78, 5) is 36.9. The first-order valence-electron chi connectivity index (χ1n) is 9.70. The number of carbonyl (C=O) groups excluding carboxylic acids is 2. The van der Waals surface area contributed by atoms with Crippen LogP contribution in [0, 0.1) is 6.92 Å². The van der Waals surface area contributed by atoms with Crippen LogP contribution in [0.3, 0.4) is 0 Å². The SMILES string of the molecule is Cc1c(-c2ccccc2)sc(NC(=O)c2cnccn2)c1C(=O)N1CCCCC1. The largest absolute Gasteiger partial charge is 0.339 e. The van der Waals surface area contributed by atoms with Gasteiger partial charge in [0.2, 0.25) is 0 Å². The molecule has 1 aliphatic rings. The van der Waals surface area contributed by atoms with Crippen molar-refractivity contribution in [2.75, 3.05) is 18.4 Å². The normalized spacial score (nSPS) is 13.9. The lowest BCUT2D eigenvalue weighted by molar-refractivity contribution is 0.0725. The maximum absolute atomic E-state index is 13.4. The monoisotopic (exact) mass is 406 g/mol. The Hall–Kier alpha value is -3.06. The third-order valence-corrected chi connectivity index (χ3v) is 6.32. The first kappa shape index (κ1) is 19.3. The Morgan fingerprint density at radius 2 is 1.83 bits per heavy atom. The summed E-state index contributed by atoms with van der Waals surface area (Å²) in [5.74, 6) is -0.387. The summed E-state index contributed by atoms with van der Waals surface area (Å²) < 4.78 is 0. The molecular weight excluding hydrogens is 384 g/mol. The molecule has 0 unspecified atom stereocenters. The first-order valence-corrected chi connectivity index (χ1v) is 10.5. The number of nitrogens with one attached hydrogen (secondary N) is 1. The molecule has 3 heterocycles. The van der Waals surface area contributed by atoms with Crippen molar-refractivity contribution in [1.29, 1.82) is 0 Å². The molecule has 6 nitrogen and oxygen atoms in total. The van der Waals surface area contributed by atoms with Gasteiger partial charge in [-0.1, -0.05) is 30.3 Å². The van der Waals surface area contributed by atoms with Crippen LogP contribution in [-0.4, -0.2) is 39.8 Å². The fraction of sp³-hybridized carbons (Fsp3) is 0.273. The minimum atomic E-state index is -0.369. The van der Waals surface area contributed by atoms with E-state index in [1.807, 2.05) is 42.2 Å². The predicted molar refractivity (Wildman–Crippen MR) is 114 cm³/mol. The molecule has 1 aliphatic heterocycles. The van der Waals surface area contributed by atoms with Crippen molar-refractivity contribution >= 4 is 28.2 Å². The topological polar surface area (TPSA) is 75.2 Å². The molecule has 0 atom stereocenters. The van der Waals surface area contributed by atoms with Crippen molar-refractivity contribution in [2.45, 2.75) is 26.2 Å². The van der Waals surface area contributed by atoms with Crippen LogP contribution < -0.4 is 5.32 Å². The summed E-state index contributed by atoms with van der Waals surface area (Å²) >= 11 is 1.43. The molecule has 0 radical (unpaired) electrons. The Balaban J connectivity index is 1.73. The number of thiophene rings is 1. The lowest BCUT2D eigenvalue weighted by atomic mass is 10.0. The molecule has 0 saturated carbocycles. The van der Waals surface area contributed by atoms with Gasteiger partial charge in [0, 0.05) is 30.4 Å². The van der Waals surface area contributed by atoms with Crippen LogP contribution in [0.5, 0.6) is 0 Å². The van der Waals surface area contributed by atoms with Crippen LogP contribution >= 0.6 is 11.3 Å². The van der Waals surface area contributed by atoms with E-state index >= 15 is 0 Å². The fourth-order valence-electron chi connectivity index (χ4n) is 3.56. The van der Waals surface area contributed by atoms with Gasteiger partial charge < -0.3 is 10.2 Å². The number of anilines is 1. The number of benzene rings is 1. The van der Waals surface area contributed by atoms with Crippen LogP contribution in [0.15, 0.2) is 48.9 Å². The van der Waals surface area contributed by atoms with Crippen LogP contribution in [0.4, 0.5) is 5.00 Å². The standard InChI is InChI=1S/C22H22N4O2S/c1-15-18(22(28)26-12-6-3-7-13-26)21(25-20(27)17-14-23-10-11-24-17)29-19(15)16-8-4-2-5-9-16/h2,4-5,8-11,14H,3,6-7,12-13H2,1H3,(H,25,27). The number of likely N-dealkylation sites (tertiary alicyclic amines) is 1. The molecule has 0 aliphatic carbocycles. The van der Waals surface area contributed by atoms with Crippen molar-refractivity contribution in [3.8, 4) is 10.4 Å². The number of hydrogen-bond donors (Lipinski definition) is 1. The molecule has 1 aromatic carbocycles. The van der Waals surface area contributed by atoms with Gasteiger partial charge in [-0.25, -0.2) is 4.98 Å². The second kappa shape index (κ2) is 8.53. The van der Waals surface area contributed by atoms with Crippen molar-refractivity contribution < 1.29 is 9.59 Å². The molecule has 0 spiro atoms. The summed E-state index contributed by atoms with van der Waals surface area (Å²) in [6.45, 7) is 3.46. The summed E-state index contributed by atoms with van der Waals surface area (Å²) in [6.07, 6.45) is 7.59. The van der Waals surface area contributed by atoms with Crippen LogP contribution in [0.25, 0.3) is 10.4 Å². The molecule has 4 rings (SSSR count). The molecule has 148 valence electrons. The maximum atomic E-state index is 13.4. The number of rotatable bonds is 4. The van der Waals surface area contributed by atoms with Gasteiger partial charge in [-0.3, -0.25) is 14.6 Å². The van der Waals surface area contributed by atoms with E-state index in [1.54, 1.807) is 0 Å². The van der Waals surface area contributed by atoms with Crippen LogP contribution in [0.1, 0.15) is 45.7 Å². The molecular formula is C22H22N4O2S. The minimum Gasteiger partial charge on any atom is -0.339 e. The summed E-state index contributed by atoms with van der Waals surface area (Å²) in [5, 5.41) is 3.47. The number of nitrogens with zero attached hydrogens (tertiary/aromatic N) is 3. The average Bonchev–Trinajstić information content (AvgIpc) is 3.10. The van der Waals surface area contributed by atoms with Crippen LogP contribution in [0.2, 0.25) is 0 Å². The molecule has 7 heteroatoms. The Kier molecular flexibility index (Phi) is 5.67. The van der Waals surface area contributed by atoms with E-state index in [-0.39, 0.29) is 17.5 Å². The second-order valence-electron chi connectivity index (χ2n) is 7.02. The highest BCUT2D eigenvalue weighted by molar-refractivity contribution is 7.20. The van der Waals surface area contributed by atoms with Gasteiger partial charge in [0.05, 0.1) is 11.8 Å². The van der Waals surface area contributed by atoms with Gasteiger partial charge in [0.1, 0.15) is 10.7 Å². The van der Waals surface area contributed by atoms with Gasteiger partial charge in [-0.15, -0.1) is 11.3 Å². The van der Waals surface area contributed by atoms with Crippen molar-refractivity contribution in [3.05, 3.63) is 65.7 Å². The Morgan fingerprint density at radius 3 is 2.52 bits per heavy atom. The smallest absolute Gasteiger partial charge is 0.276 e. The third kappa shape index (κ3) is 4.05. The number of carbonyl (C=O) groups is 2. The van der Waals surface area contributed by atoms with Gasteiger partial charge in [0.15, 0.2) is 0 Å². The zero-order valence-corrected chi connectivity index (χ0v) is 17.0. The van der Waals surface area contributed by atoms with Gasteiger partial charge >= 0.3 is 0 Å². The third-order valence-electron chi connectivity index (χ3n) is 5.06. The van der Waals surface area contributed by atoms with Crippen molar-refractivity contribution in [1.82, 2.24) is 14.9 Å². The molecule has 1 N–H and O–H groups in total. The highest BCUT2D eigenvalue weighted by Crippen LogP contribution is 2.40. The van der Waals surface area contributed by atoms with Crippen molar-refractivity contribution in [2.24, 2.45) is 0 Å². The van der Waals surface area contributed by atoms with E-state index in [0.717, 1.165) is 48.4 Å². The lowest BCUT2D eigenvalue weighted by Crippen LogP contribution is -2.36. The first-order chi connectivity index (χ1) is 14.1. The zero-order valence-electron chi connectivity index (χ0n) is 16.2. The minimum absolute atomic E-state index is 0.0184. The zero-order chi connectivity index (χ0) is 20.2. The number of aromatic nitrogens is 2. The molecule has 0 bridgehead atoms. The Morgan fingerprint density at radius 1 is 1.07 bits per heavy atom. The second-order valence-corrected chi connectivity index (χ2v) is 8.04. The van der Waals surface area contributed by atoms with E-state index in [2.05, 4.69) is 15.3 Å². The van der Waals surface area contributed by atoms with E-state index in [4.69, 9.17) is 0 Å². The highest BCUT2D eigenvalue weighted by Gasteiger charge is 2.28. The summed E-state index contributed by atoms with van der Waals surface area (Å²) in [5.41, 5.74) is 2.72. The molecule has 1 fully saturated rings. The molecule has 29 heavy (non-hydrogen) atoms. The molecule has 3 aromatic rings. The van der Waals surface area contributed by atoms with E-state index in [0.29, 0.717) is 10.6 Å². The average molecular weight is 407 g/mol. The van der Waals surface area contributed by atoms with E-state index in [9.17, 15) is 9.59 Å². The number of hydrogen-bond acceptors (Lipinski definition) is 5. The molecule has 1 saturated heterocycles. The Labute approximate surface area is 173 Å². The lowest BCUT2D eigenvalue weighted by Gasteiger charge is -2.27. The fourth-order valence-corrected chi connectivity index (χ4v) is 4.76. The molecule has 2 aromatic heterocycles. The van der Waals surface area contributed by atoms with E-state index in [1.165, 1.54) is 29.9 Å². The number of piperidine rings is 1. The summed E-state index contributed by atoms with van der Waals surface area (Å²) in [7, 11) is 0. The summed E-state index contributed by atoms with van der Waals surface area (Å²) in [6, 6.07) is 9.93. The Bertz CT molecular complexity index is 1010.